The number of benzene rings is 1. The Morgan fingerprint density at radius 3 is 2.33 bits per heavy atom. The Balaban J connectivity index is 2.43. The fourth-order valence-electron chi connectivity index (χ4n) is 1.95. The Morgan fingerprint density at radius 2 is 1.86 bits per heavy atom. The van der Waals surface area contributed by atoms with E-state index >= 15 is 0 Å². The summed E-state index contributed by atoms with van der Waals surface area (Å²) >= 11 is 0. The lowest BCUT2D eigenvalue weighted by molar-refractivity contribution is -0.138. The summed E-state index contributed by atoms with van der Waals surface area (Å²) in [6.07, 6.45) is -0.725. The molecule has 0 aliphatic heterocycles. The van der Waals surface area contributed by atoms with Crippen LogP contribution >= 0.6 is 0 Å². The van der Waals surface area contributed by atoms with Crippen LogP contribution in [0.4, 0.5) is 0 Å². The van der Waals surface area contributed by atoms with Crippen molar-refractivity contribution >= 4 is 5.97 Å². The molecule has 1 aromatic rings. The number of ether oxygens (including phenoxy) is 1. The minimum atomic E-state index is -0.914. The molecule has 0 amide bonds. The van der Waals surface area contributed by atoms with Crippen LogP contribution in [0.3, 0.4) is 0 Å². The van der Waals surface area contributed by atoms with Gasteiger partial charge < -0.3 is 14.9 Å². The Labute approximate surface area is 126 Å². The lowest BCUT2D eigenvalue weighted by Gasteiger charge is -2.20. The van der Waals surface area contributed by atoms with Crippen LogP contribution in [0.5, 0.6) is 5.75 Å². The smallest absolute Gasteiger partial charge is 0.317 e. The van der Waals surface area contributed by atoms with Crippen molar-refractivity contribution in [1.82, 2.24) is 4.90 Å². The van der Waals surface area contributed by atoms with Crippen LogP contribution in [-0.4, -0.2) is 53.9 Å². The van der Waals surface area contributed by atoms with Crippen molar-refractivity contribution in [2.75, 3.05) is 26.7 Å². The lowest BCUT2D eigenvalue weighted by atomic mass is 9.87. The maximum atomic E-state index is 10.5. The normalized spacial score (nSPS) is 13.2. The molecule has 0 saturated carbocycles. The van der Waals surface area contributed by atoms with E-state index in [9.17, 15) is 9.90 Å². The second-order valence-corrected chi connectivity index (χ2v) is 6.33. The largest absolute Gasteiger partial charge is 0.491 e. The highest BCUT2D eigenvalue weighted by Gasteiger charge is 2.14. The van der Waals surface area contributed by atoms with Gasteiger partial charge in [0.25, 0.3) is 0 Å². The van der Waals surface area contributed by atoms with Gasteiger partial charge >= 0.3 is 5.97 Å². The Hall–Kier alpha value is -1.59. The van der Waals surface area contributed by atoms with E-state index in [4.69, 9.17) is 9.84 Å². The second-order valence-electron chi connectivity index (χ2n) is 6.33. The van der Waals surface area contributed by atoms with Gasteiger partial charge in [-0.05, 0) is 30.2 Å². The number of aliphatic hydroxyl groups is 1. The van der Waals surface area contributed by atoms with Gasteiger partial charge in [-0.3, -0.25) is 9.69 Å². The molecule has 2 N–H and O–H groups in total. The molecule has 118 valence electrons. The first-order valence-corrected chi connectivity index (χ1v) is 7.00. The SMILES string of the molecule is CN(CC(=O)O)CC(O)COc1ccc(C(C)(C)C)cc1. The third kappa shape index (κ3) is 6.60. The summed E-state index contributed by atoms with van der Waals surface area (Å²) < 4.78 is 5.52. The molecule has 0 bridgehead atoms. The van der Waals surface area contributed by atoms with Crippen molar-refractivity contribution in [1.29, 1.82) is 0 Å². The number of nitrogens with zero attached hydrogens (tertiary/aromatic N) is 1. The van der Waals surface area contributed by atoms with E-state index in [0.717, 1.165) is 0 Å². The van der Waals surface area contributed by atoms with Crippen LogP contribution in [-0.2, 0) is 10.2 Å². The molecule has 0 aliphatic carbocycles. The first-order chi connectivity index (χ1) is 9.68. The number of aliphatic carboxylic acids is 1. The molecule has 0 saturated heterocycles. The fourth-order valence-corrected chi connectivity index (χ4v) is 1.95. The number of likely N-dealkylation sites (N-methyl/N-ethyl adjacent to an activating group) is 1. The first-order valence-electron chi connectivity index (χ1n) is 7.00. The van der Waals surface area contributed by atoms with Gasteiger partial charge in [0.05, 0.1) is 6.54 Å². The summed E-state index contributed by atoms with van der Waals surface area (Å²) in [5, 5.41) is 18.5. The predicted octanol–water partition coefficient (Wildman–Crippen LogP) is 1.74. The van der Waals surface area contributed by atoms with E-state index in [0.29, 0.717) is 5.75 Å². The Morgan fingerprint density at radius 1 is 1.29 bits per heavy atom. The molecule has 0 spiro atoms. The second kappa shape index (κ2) is 7.43. The van der Waals surface area contributed by atoms with E-state index in [1.807, 2.05) is 24.3 Å². The summed E-state index contributed by atoms with van der Waals surface area (Å²) in [6.45, 7) is 6.73. The van der Waals surface area contributed by atoms with Gasteiger partial charge in [-0.1, -0.05) is 32.9 Å². The number of carboxylic acid groups (broad SMARTS) is 1. The molecule has 0 aliphatic rings. The van der Waals surface area contributed by atoms with Gasteiger partial charge in [0.1, 0.15) is 18.5 Å². The summed E-state index contributed by atoms with van der Waals surface area (Å²) in [7, 11) is 1.65. The van der Waals surface area contributed by atoms with E-state index < -0.39 is 12.1 Å². The lowest BCUT2D eigenvalue weighted by Crippen LogP contribution is -2.36. The zero-order chi connectivity index (χ0) is 16.0. The van der Waals surface area contributed by atoms with Crippen molar-refractivity contribution in [3.63, 3.8) is 0 Å². The number of hydrogen-bond acceptors (Lipinski definition) is 4. The fraction of sp³-hybridized carbons (Fsp3) is 0.562. The summed E-state index contributed by atoms with van der Waals surface area (Å²) in [5.74, 6) is -0.216. The molecule has 0 aromatic heterocycles. The van der Waals surface area contributed by atoms with Gasteiger partial charge in [0, 0.05) is 6.54 Å². The van der Waals surface area contributed by atoms with Crippen LogP contribution in [0.15, 0.2) is 24.3 Å². The quantitative estimate of drug-likeness (QED) is 0.802. The van der Waals surface area contributed by atoms with E-state index in [1.54, 1.807) is 11.9 Å². The van der Waals surface area contributed by atoms with Crippen molar-refractivity contribution in [2.24, 2.45) is 0 Å². The van der Waals surface area contributed by atoms with Gasteiger partial charge in [-0.2, -0.15) is 0 Å². The molecule has 0 radical (unpaired) electrons. The van der Waals surface area contributed by atoms with Crippen molar-refractivity contribution < 1.29 is 19.7 Å². The van der Waals surface area contributed by atoms with Crippen LogP contribution < -0.4 is 4.74 Å². The van der Waals surface area contributed by atoms with Crippen molar-refractivity contribution in [3.05, 3.63) is 29.8 Å². The minimum Gasteiger partial charge on any atom is -0.491 e. The molecular weight excluding hydrogens is 270 g/mol. The number of carboxylic acids is 1. The molecule has 1 rings (SSSR count). The average Bonchev–Trinajstić information content (AvgIpc) is 2.34. The highest BCUT2D eigenvalue weighted by molar-refractivity contribution is 5.69. The molecule has 0 fully saturated rings. The number of hydrogen-bond donors (Lipinski definition) is 2. The highest BCUT2D eigenvalue weighted by atomic mass is 16.5. The molecular formula is C16H25NO4. The third-order valence-corrected chi connectivity index (χ3v) is 3.09. The number of carbonyl (C=O) groups is 1. The number of aliphatic hydroxyl groups excluding tert-OH is 1. The summed E-state index contributed by atoms with van der Waals surface area (Å²) in [4.78, 5) is 12.1. The van der Waals surface area contributed by atoms with E-state index in [1.165, 1.54) is 5.56 Å². The van der Waals surface area contributed by atoms with Gasteiger partial charge in [-0.15, -0.1) is 0 Å². The van der Waals surface area contributed by atoms with Crippen LogP contribution in [0.25, 0.3) is 0 Å². The molecule has 1 unspecified atom stereocenters. The van der Waals surface area contributed by atoms with Crippen LogP contribution in [0, 0.1) is 0 Å². The van der Waals surface area contributed by atoms with Gasteiger partial charge in [0.2, 0.25) is 0 Å². The number of rotatable bonds is 7. The van der Waals surface area contributed by atoms with Gasteiger partial charge in [-0.25, -0.2) is 0 Å². The molecule has 1 aromatic carbocycles. The average molecular weight is 295 g/mol. The van der Waals surface area contributed by atoms with Crippen molar-refractivity contribution in [3.8, 4) is 5.75 Å². The standard InChI is InChI=1S/C16H25NO4/c1-16(2,3)12-5-7-14(8-6-12)21-11-13(18)9-17(4)10-15(19)20/h5-8,13,18H,9-11H2,1-4H3,(H,19,20). The molecule has 5 heteroatoms. The monoisotopic (exact) mass is 295 g/mol. The highest BCUT2D eigenvalue weighted by Crippen LogP contribution is 2.24. The van der Waals surface area contributed by atoms with Crippen LogP contribution in [0.2, 0.25) is 0 Å². The zero-order valence-corrected chi connectivity index (χ0v) is 13.2. The first kappa shape index (κ1) is 17.5. The minimum absolute atomic E-state index is 0.0948. The molecule has 5 nitrogen and oxygen atoms in total. The maximum absolute atomic E-state index is 10.5. The topological polar surface area (TPSA) is 70.0 Å². The molecule has 1 atom stereocenters. The van der Waals surface area contributed by atoms with E-state index in [2.05, 4.69) is 20.8 Å². The van der Waals surface area contributed by atoms with E-state index in [-0.39, 0.29) is 25.1 Å². The molecule has 21 heavy (non-hydrogen) atoms. The predicted molar refractivity (Wildman–Crippen MR) is 81.8 cm³/mol. The zero-order valence-electron chi connectivity index (χ0n) is 13.2. The van der Waals surface area contributed by atoms with Gasteiger partial charge in [0.15, 0.2) is 0 Å². The Bertz CT molecular complexity index is 450. The maximum Gasteiger partial charge on any atom is 0.317 e. The van der Waals surface area contributed by atoms with Crippen molar-refractivity contribution in [2.45, 2.75) is 32.3 Å². The Kier molecular flexibility index (Phi) is 6.18. The third-order valence-electron chi connectivity index (χ3n) is 3.09. The summed E-state index contributed by atoms with van der Waals surface area (Å²) in [6, 6.07) is 7.79. The van der Waals surface area contributed by atoms with Crippen LogP contribution in [0.1, 0.15) is 26.3 Å². The summed E-state index contributed by atoms with van der Waals surface area (Å²) in [5.41, 5.74) is 1.31. The molecule has 0 heterocycles.